The number of hydrogen-bond acceptors (Lipinski definition) is 8. The van der Waals surface area contributed by atoms with E-state index < -0.39 is 0 Å². The molecule has 70 heavy (non-hydrogen) atoms. The van der Waals surface area contributed by atoms with Crippen LogP contribution >= 0.6 is 0 Å². The van der Waals surface area contributed by atoms with Crippen LogP contribution < -0.4 is 20.6 Å². The van der Waals surface area contributed by atoms with Crippen molar-refractivity contribution in [1.29, 1.82) is 0 Å². The van der Waals surface area contributed by atoms with Crippen molar-refractivity contribution in [3.05, 3.63) is 203 Å². The Kier molecular flexibility index (Phi) is 11.3. The van der Waals surface area contributed by atoms with Crippen molar-refractivity contribution < 1.29 is 18.9 Å². The Labute approximate surface area is 401 Å². The summed E-state index contributed by atoms with van der Waals surface area (Å²) in [6.07, 6.45) is 4.04. The molecule has 0 unspecified atom stereocenters. The topological polar surface area (TPSA) is 116 Å². The van der Waals surface area contributed by atoms with E-state index in [4.69, 9.17) is 28.9 Å². The summed E-state index contributed by atoms with van der Waals surface area (Å²) < 4.78 is 32.2. The van der Waals surface area contributed by atoms with Gasteiger partial charge in [0.15, 0.2) is 0 Å². The average molecular weight is 923 g/mol. The second kappa shape index (κ2) is 18.5. The van der Waals surface area contributed by atoms with E-state index in [0.29, 0.717) is 82.5 Å². The second-order valence-electron chi connectivity index (χ2n) is 17.0. The molecule has 344 valence electrons. The number of ether oxygens (including phenoxy) is 4. The molecule has 0 N–H and O–H groups in total. The highest BCUT2D eigenvalue weighted by Crippen LogP contribution is 2.50. The molecule has 12 rings (SSSR count). The van der Waals surface area contributed by atoms with Crippen LogP contribution in [0.15, 0.2) is 192 Å². The van der Waals surface area contributed by atoms with Crippen LogP contribution in [0.25, 0.3) is 89.3 Å². The minimum absolute atomic E-state index is 0.240. The van der Waals surface area contributed by atoms with E-state index in [-0.39, 0.29) is 48.8 Å². The first-order valence-electron chi connectivity index (χ1n) is 23.5. The predicted molar refractivity (Wildman–Crippen MR) is 274 cm³/mol. The van der Waals surface area contributed by atoms with Gasteiger partial charge in [0.05, 0.1) is 70.9 Å². The van der Waals surface area contributed by atoms with E-state index >= 15 is 9.59 Å². The van der Waals surface area contributed by atoms with Crippen LogP contribution in [0.4, 0.5) is 0 Å². The molecule has 1 aliphatic rings. The number of benzene rings is 5. The molecule has 0 atom stereocenters. The predicted octanol–water partition coefficient (Wildman–Crippen LogP) is 10.5. The van der Waals surface area contributed by atoms with Crippen LogP contribution in [0.3, 0.4) is 0 Å². The van der Waals surface area contributed by atoms with Gasteiger partial charge in [-0.3, -0.25) is 9.59 Å². The molecule has 0 spiro atoms. The van der Waals surface area contributed by atoms with Crippen LogP contribution in [0.1, 0.15) is 0 Å². The summed E-state index contributed by atoms with van der Waals surface area (Å²) in [6, 6.07) is 55.2. The Morgan fingerprint density at radius 2 is 0.800 bits per heavy atom. The molecular formula is C58H46N6O6. The fourth-order valence-corrected chi connectivity index (χ4v) is 9.90. The van der Waals surface area contributed by atoms with E-state index in [2.05, 4.69) is 45.2 Å². The lowest BCUT2D eigenvalue weighted by Gasteiger charge is -2.16. The third-order valence-electron chi connectivity index (χ3n) is 12.9. The Morgan fingerprint density at radius 3 is 1.27 bits per heavy atom. The summed E-state index contributed by atoms with van der Waals surface area (Å²) in [4.78, 5) is 42.0. The summed E-state index contributed by atoms with van der Waals surface area (Å²) >= 11 is 0. The van der Waals surface area contributed by atoms with E-state index in [1.165, 1.54) is 0 Å². The first-order valence-corrected chi connectivity index (χ1v) is 23.5. The van der Waals surface area contributed by atoms with Crippen LogP contribution in [0.5, 0.6) is 11.5 Å². The quantitative estimate of drug-likeness (QED) is 0.168. The first-order chi connectivity index (χ1) is 34.6. The summed E-state index contributed by atoms with van der Waals surface area (Å²) in [7, 11) is 0. The van der Waals surface area contributed by atoms with Gasteiger partial charge in [0.25, 0.3) is 11.1 Å². The van der Waals surface area contributed by atoms with Crippen molar-refractivity contribution in [1.82, 2.24) is 27.9 Å². The maximum absolute atomic E-state index is 15.7. The minimum Gasteiger partial charge on any atom is -0.491 e. The lowest BCUT2D eigenvalue weighted by atomic mass is 9.94. The number of pyridine rings is 2. The van der Waals surface area contributed by atoms with Gasteiger partial charge in [-0.2, -0.15) is 0 Å². The van der Waals surface area contributed by atoms with E-state index in [1.807, 2.05) is 146 Å². The summed E-state index contributed by atoms with van der Waals surface area (Å²) in [5.74, 6) is 1.29. The number of hydrogen-bond donors (Lipinski definition) is 0. The van der Waals surface area contributed by atoms with Gasteiger partial charge in [-0.25, -0.2) is 9.97 Å². The van der Waals surface area contributed by atoms with Crippen molar-refractivity contribution in [2.75, 3.05) is 39.6 Å². The molecule has 0 saturated carbocycles. The van der Waals surface area contributed by atoms with Crippen LogP contribution in [0.2, 0.25) is 0 Å². The normalized spacial score (nSPS) is 13.8. The smallest absolute Gasteiger partial charge is 0.277 e. The monoisotopic (exact) mass is 922 g/mol. The van der Waals surface area contributed by atoms with Crippen molar-refractivity contribution >= 4 is 33.1 Å². The maximum atomic E-state index is 15.7. The molecule has 12 nitrogen and oxygen atoms in total. The van der Waals surface area contributed by atoms with Gasteiger partial charge in [-0.15, -0.1) is 0 Å². The summed E-state index contributed by atoms with van der Waals surface area (Å²) in [5, 5.41) is 0. The SMILES string of the molecule is O=c1c2nc3ccccc3n1CCOCCOc1cccc(c1)OCCOCCn1c(=O)c(nc3ccccc31)-c1c(-c3ccccc3)c3ccccn3c1-c1c-2c(-c2ccccc2)c2ccccn12. The van der Waals surface area contributed by atoms with Gasteiger partial charge in [-0.05, 0) is 71.8 Å². The Bertz CT molecular complexity index is 3610. The van der Waals surface area contributed by atoms with E-state index in [0.717, 1.165) is 33.3 Å². The number of para-hydroxylation sites is 4. The first kappa shape index (κ1) is 42.8. The molecule has 7 heterocycles. The molecule has 1 aliphatic heterocycles. The molecule has 6 bridgehead atoms. The van der Waals surface area contributed by atoms with Gasteiger partial charge in [0, 0.05) is 53.8 Å². The van der Waals surface area contributed by atoms with Gasteiger partial charge < -0.3 is 36.9 Å². The van der Waals surface area contributed by atoms with Crippen LogP contribution in [0, 0.1) is 0 Å². The highest BCUT2D eigenvalue weighted by atomic mass is 16.5. The molecule has 0 amide bonds. The zero-order chi connectivity index (χ0) is 47.0. The number of rotatable bonds is 2. The zero-order valence-electron chi connectivity index (χ0n) is 38.1. The average Bonchev–Trinajstić information content (AvgIpc) is 3.92. The van der Waals surface area contributed by atoms with Crippen molar-refractivity contribution in [2.45, 2.75) is 13.1 Å². The minimum atomic E-state index is -0.285. The Morgan fingerprint density at radius 1 is 0.386 bits per heavy atom. The molecule has 5 aromatic carbocycles. The van der Waals surface area contributed by atoms with Crippen molar-refractivity contribution in [3.8, 4) is 67.7 Å². The third-order valence-corrected chi connectivity index (χ3v) is 12.9. The Hall–Kier alpha value is -8.58. The van der Waals surface area contributed by atoms with E-state index in [9.17, 15) is 0 Å². The van der Waals surface area contributed by atoms with Gasteiger partial charge in [0.1, 0.15) is 36.1 Å². The van der Waals surface area contributed by atoms with Crippen molar-refractivity contribution in [2.24, 2.45) is 0 Å². The third kappa shape index (κ3) is 7.59. The zero-order valence-corrected chi connectivity index (χ0v) is 38.1. The number of aromatic nitrogens is 6. The lowest BCUT2D eigenvalue weighted by molar-refractivity contribution is 0.0922. The molecule has 0 saturated heterocycles. The summed E-state index contributed by atoms with van der Waals surface area (Å²) in [5.41, 5.74) is 10.3. The fraction of sp³-hybridized carbons (Fsp3) is 0.138. The number of nitrogens with zero attached hydrogens (tertiary/aromatic N) is 6. The van der Waals surface area contributed by atoms with Gasteiger partial charge >= 0.3 is 0 Å². The van der Waals surface area contributed by atoms with Crippen molar-refractivity contribution in [3.63, 3.8) is 0 Å². The maximum Gasteiger partial charge on any atom is 0.277 e. The standard InChI is InChI=1S/C58H46N6O6/c65-57-53-51-49(39-16-3-1-4-17-39)47-26-11-13-28-61(47)55(51)56-52(50(40-18-5-2-6-19-40)48-27-12-14-29-62(48)56)54-58(66)64(46-25-10-8-23-44(46)60-54)31-33-68-35-37-70-42-21-15-20-41(38-42)69-36-34-67-32-30-63(57)45-24-9-7-22-43(45)59-53/h1-29,38H,30-37H2. The highest BCUT2D eigenvalue weighted by Gasteiger charge is 2.33. The van der Waals surface area contributed by atoms with E-state index in [1.54, 1.807) is 9.13 Å². The highest BCUT2D eigenvalue weighted by molar-refractivity contribution is 6.09. The molecule has 0 radical (unpaired) electrons. The van der Waals surface area contributed by atoms with Gasteiger partial charge in [-0.1, -0.05) is 103 Å². The summed E-state index contributed by atoms with van der Waals surface area (Å²) in [6.45, 7) is 2.18. The molecule has 0 fully saturated rings. The molecule has 6 aromatic heterocycles. The molecular weight excluding hydrogens is 877 g/mol. The lowest BCUT2D eigenvalue weighted by Crippen LogP contribution is -2.26. The Balaban J connectivity index is 1.19. The largest absolute Gasteiger partial charge is 0.491 e. The fourth-order valence-electron chi connectivity index (χ4n) is 9.90. The number of fused-ring (bicyclic) bond motifs is 19. The van der Waals surface area contributed by atoms with Crippen LogP contribution in [-0.4, -0.2) is 67.5 Å². The molecule has 0 aliphatic carbocycles. The molecule has 11 aromatic rings. The van der Waals surface area contributed by atoms with Gasteiger partial charge in [0.2, 0.25) is 0 Å². The van der Waals surface area contributed by atoms with Crippen LogP contribution in [-0.2, 0) is 22.6 Å². The molecule has 12 heteroatoms. The second-order valence-corrected chi connectivity index (χ2v) is 17.0.